The first-order chi connectivity index (χ1) is 6.15. The molecule has 0 heterocycles. The van der Waals surface area contributed by atoms with Gasteiger partial charge in [0.1, 0.15) is 0 Å². The van der Waals surface area contributed by atoms with Gasteiger partial charge in [-0.3, -0.25) is 0 Å². The molecule has 0 saturated heterocycles. The molecule has 0 aliphatic rings. The molecule has 0 aromatic heterocycles. The topological polar surface area (TPSA) is 87.3 Å². The zero-order chi connectivity index (χ0) is 10.3. The molecule has 14 heavy (non-hydrogen) atoms. The van der Waals surface area contributed by atoms with Crippen molar-refractivity contribution in [2.45, 2.75) is 6.92 Å². The normalized spacial score (nSPS) is 7.50. The maximum absolute atomic E-state index is 8.93. The first kappa shape index (κ1) is 15.7. The van der Waals surface area contributed by atoms with Gasteiger partial charge in [-0.1, -0.05) is 6.92 Å². The minimum absolute atomic E-state index is 0. The van der Waals surface area contributed by atoms with Gasteiger partial charge in [0.25, 0.3) is 0 Å². The van der Waals surface area contributed by atoms with Gasteiger partial charge >= 0.3 is 29.6 Å². The molecule has 0 fully saturated rings. The van der Waals surface area contributed by atoms with E-state index in [1.54, 1.807) is 6.92 Å². The molecule has 5 heteroatoms. The number of hydrogen-bond acceptors (Lipinski definition) is 4. The molecule has 2 N–H and O–H groups in total. The van der Waals surface area contributed by atoms with Crippen LogP contribution in [-0.2, 0) is 0 Å². The van der Waals surface area contributed by atoms with Crippen LogP contribution in [0.2, 0.25) is 0 Å². The Morgan fingerprint density at radius 2 is 1.86 bits per heavy atom. The van der Waals surface area contributed by atoms with Crippen LogP contribution >= 0.6 is 0 Å². The van der Waals surface area contributed by atoms with Crippen molar-refractivity contribution in [3.8, 4) is 17.6 Å². The van der Waals surface area contributed by atoms with Crippen LogP contribution in [0.1, 0.15) is 12.5 Å². The monoisotopic (exact) mass is 203 g/mol. The van der Waals surface area contributed by atoms with Crippen molar-refractivity contribution in [3.05, 3.63) is 23.8 Å². The Hall–Kier alpha value is -0.730. The van der Waals surface area contributed by atoms with Gasteiger partial charge in [0.15, 0.2) is 11.5 Å². The van der Waals surface area contributed by atoms with E-state index in [9.17, 15) is 0 Å². The molecule has 0 saturated carbocycles. The summed E-state index contributed by atoms with van der Waals surface area (Å²) < 4.78 is 0. The first-order valence-electron chi connectivity index (χ1n) is 3.65. The van der Waals surface area contributed by atoms with E-state index >= 15 is 0 Å². The van der Waals surface area contributed by atoms with E-state index in [-0.39, 0.29) is 47.7 Å². The zero-order valence-electron chi connectivity index (χ0n) is 8.19. The van der Waals surface area contributed by atoms with Crippen molar-refractivity contribution < 1.29 is 44.9 Å². The molecule has 1 rings (SSSR count). The third-order valence-electron chi connectivity index (χ3n) is 1.10. The summed E-state index contributed by atoms with van der Waals surface area (Å²) in [4.78, 5) is 0. The fourth-order valence-corrected chi connectivity index (χ4v) is 0.593. The Morgan fingerprint density at radius 1 is 1.36 bits per heavy atom. The zero-order valence-corrected chi connectivity index (χ0v) is 10.2. The SMILES string of the molecule is CC[O-].N#Cc1ccc(O)c(O)c1.[Na+]. The maximum Gasteiger partial charge on any atom is 1.00 e. The van der Waals surface area contributed by atoms with Crippen molar-refractivity contribution in [2.75, 3.05) is 6.61 Å². The molecule has 0 radical (unpaired) electrons. The van der Waals surface area contributed by atoms with Crippen LogP contribution in [0, 0.1) is 11.3 Å². The number of nitriles is 1. The summed E-state index contributed by atoms with van der Waals surface area (Å²) in [5.41, 5.74) is 0.329. The fraction of sp³-hybridized carbons (Fsp3) is 0.222. The molecule has 0 aliphatic heterocycles. The van der Waals surface area contributed by atoms with E-state index in [1.807, 2.05) is 6.07 Å². The van der Waals surface area contributed by atoms with Crippen LogP contribution in [0.4, 0.5) is 0 Å². The summed E-state index contributed by atoms with van der Waals surface area (Å²) in [5.74, 6) is -0.474. The van der Waals surface area contributed by atoms with Crippen molar-refractivity contribution in [2.24, 2.45) is 0 Å². The van der Waals surface area contributed by atoms with Crippen LogP contribution in [0.5, 0.6) is 11.5 Å². The van der Waals surface area contributed by atoms with Crippen molar-refractivity contribution in [1.82, 2.24) is 0 Å². The van der Waals surface area contributed by atoms with Gasteiger partial charge in [-0.2, -0.15) is 5.26 Å². The molecule has 4 nitrogen and oxygen atoms in total. The second-order valence-corrected chi connectivity index (χ2v) is 2.10. The molecule has 0 amide bonds. The van der Waals surface area contributed by atoms with E-state index in [0.717, 1.165) is 0 Å². The maximum atomic E-state index is 8.93. The molecular weight excluding hydrogens is 193 g/mol. The predicted octanol–water partition coefficient (Wildman–Crippen LogP) is -2.66. The van der Waals surface area contributed by atoms with Gasteiger partial charge in [-0.15, -0.1) is 6.61 Å². The summed E-state index contributed by atoms with van der Waals surface area (Å²) in [6.07, 6.45) is 0. The second-order valence-electron chi connectivity index (χ2n) is 2.10. The second kappa shape index (κ2) is 8.85. The quantitative estimate of drug-likeness (QED) is 0.356. The Balaban J connectivity index is 0. The van der Waals surface area contributed by atoms with Gasteiger partial charge < -0.3 is 15.3 Å². The summed E-state index contributed by atoms with van der Waals surface area (Å²) in [6.45, 7) is 1.57. The van der Waals surface area contributed by atoms with Crippen LogP contribution < -0.4 is 34.7 Å². The Morgan fingerprint density at radius 3 is 2.21 bits per heavy atom. The number of nitrogens with zero attached hydrogens (tertiary/aromatic N) is 1. The van der Waals surface area contributed by atoms with Crippen molar-refractivity contribution >= 4 is 0 Å². The predicted molar refractivity (Wildman–Crippen MR) is 45.0 cm³/mol. The van der Waals surface area contributed by atoms with E-state index < -0.39 is 0 Å². The molecule has 0 bridgehead atoms. The van der Waals surface area contributed by atoms with E-state index in [1.165, 1.54) is 18.2 Å². The first-order valence-corrected chi connectivity index (χ1v) is 3.65. The number of rotatable bonds is 0. The summed E-state index contributed by atoms with van der Waals surface area (Å²) in [7, 11) is 0. The fourth-order valence-electron chi connectivity index (χ4n) is 0.593. The number of aromatic hydroxyl groups is 2. The molecule has 0 atom stereocenters. The van der Waals surface area contributed by atoms with Gasteiger partial charge in [0.2, 0.25) is 0 Å². The number of hydrogen-bond donors (Lipinski definition) is 2. The molecule has 1 aromatic carbocycles. The van der Waals surface area contributed by atoms with Crippen LogP contribution in [0.15, 0.2) is 18.2 Å². The largest absolute Gasteiger partial charge is 1.00 e. The van der Waals surface area contributed by atoms with Crippen molar-refractivity contribution in [1.29, 1.82) is 5.26 Å². The molecule has 0 unspecified atom stereocenters. The molecule has 70 valence electrons. The third kappa shape index (κ3) is 5.84. The number of benzene rings is 1. The minimum atomic E-state index is -0.265. The van der Waals surface area contributed by atoms with Crippen molar-refractivity contribution in [3.63, 3.8) is 0 Å². The average molecular weight is 203 g/mol. The van der Waals surface area contributed by atoms with E-state index in [2.05, 4.69) is 0 Å². The van der Waals surface area contributed by atoms with E-state index in [4.69, 9.17) is 20.6 Å². The van der Waals surface area contributed by atoms with Crippen LogP contribution in [-0.4, -0.2) is 16.8 Å². The van der Waals surface area contributed by atoms with Crippen LogP contribution in [0.25, 0.3) is 0 Å². The van der Waals surface area contributed by atoms with Crippen LogP contribution in [0.3, 0.4) is 0 Å². The smallest absolute Gasteiger partial charge is 0.855 e. The molecule has 0 spiro atoms. The third-order valence-corrected chi connectivity index (χ3v) is 1.10. The minimum Gasteiger partial charge on any atom is -0.855 e. The Kier molecular flexibility index (Phi) is 9.94. The number of phenols is 2. The number of phenolic OH excluding ortho intramolecular Hbond substituents is 2. The van der Waals surface area contributed by atoms with Gasteiger partial charge in [0.05, 0.1) is 11.6 Å². The Labute approximate surface area is 105 Å². The van der Waals surface area contributed by atoms with Gasteiger partial charge in [-0.05, 0) is 12.1 Å². The molecule has 0 aliphatic carbocycles. The summed E-state index contributed by atoms with van der Waals surface area (Å²) in [6, 6.07) is 5.72. The average Bonchev–Trinajstić information content (AvgIpc) is 2.11. The summed E-state index contributed by atoms with van der Waals surface area (Å²) >= 11 is 0. The molecule has 1 aromatic rings. The van der Waals surface area contributed by atoms with Gasteiger partial charge in [-0.25, -0.2) is 0 Å². The standard InChI is InChI=1S/C7H5NO2.C2H5O.Na/c8-4-5-1-2-6(9)7(10)3-5;1-2-3;/h1-3,9-10H;2H2,1H3;/q;-1;+1. The summed E-state index contributed by atoms with van der Waals surface area (Å²) in [5, 5.41) is 34.9. The van der Waals surface area contributed by atoms with E-state index in [0.29, 0.717) is 5.56 Å². The molecular formula is C9H10NNaO3. The Bertz CT molecular complexity index is 309. The van der Waals surface area contributed by atoms with Gasteiger partial charge in [0, 0.05) is 6.07 Å².